The molecule has 0 bridgehead atoms. The molecule has 0 saturated carbocycles. The Morgan fingerprint density at radius 1 is 1.60 bits per heavy atom. The molecule has 2 aromatic heterocycles. The summed E-state index contributed by atoms with van der Waals surface area (Å²) in [5, 5.41) is 9.64. The van der Waals surface area contributed by atoms with E-state index in [9.17, 15) is 4.79 Å². The number of pyridine rings is 1. The first-order valence-corrected chi connectivity index (χ1v) is 4.81. The van der Waals surface area contributed by atoms with E-state index in [0.29, 0.717) is 6.42 Å². The third-order valence-electron chi connectivity index (χ3n) is 2.36. The zero-order chi connectivity index (χ0) is 10.8. The van der Waals surface area contributed by atoms with E-state index in [1.807, 2.05) is 19.2 Å². The van der Waals surface area contributed by atoms with E-state index in [1.54, 1.807) is 6.20 Å². The molecule has 2 rings (SSSR count). The lowest BCUT2D eigenvalue weighted by atomic mass is 10.1. The molecule has 4 heteroatoms. The summed E-state index contributed by atoms with van der Waals surface area (Å²) in [7, 11) is 0. The number of hydrogen-bond donors (Lipinski definition) is 2. The van der Waals surface area contributed by atoms with Crippen molar-refractivity contribution in [2.24, 2.45) is 0 Å². The van der Waals surface area contributed by atoms with Crippen LogP contribution in [0.25, 0.3) is 11.0 Å². The molecule has 0 unspecified atom stereocenters. The topological polar surface area (TPSA) is 66.0 Å². The van der Waals surface area contributed by atoms with E-state index < -0.39 is 5.97 Å². The molecule has 0 saturated heterocycles. The molecule has 0 atom stereocenters. The van der Waals surface area contributed by atoms with Crippen LogP contribution >= 0.6 is 0 Å². The molecule has 2 heterocycles. The number of carboxylic acids is 1. The number of aryl methyl sites for hydroxylation is 2. The van der Waals surface area contributed by atoms with Crippen LogP contribution in [-0.2, 0) is 11.2 Å². The third-order valence-corrected chi connectivity index (χ3v) is 2.36. The summed E-state index contributed by atoms with van der Waals surface area (Å²) < 4.78 is 0. The number of nitrogens with one attached hydrogen (secondary N) is 1. The van der Waals surface area contributed by atoms with Gasteiger partial charge < -0.3 is 10.1 Å². The van der Waals surface area contributed by atoms with Crippen LogP contribution in [0, 0.1) is 6.92 Å². The zero-order valence-corrected chi connectivity index (χ0v) is 8.45. The number of hydrogen-bond acceptors (Lipinski definition) is 2. The fourth-order valence-electron chi connectivity index (χ4n) is 1.61. The Labute approximate surface area is 87.0 Å². The van der Waals surface area contributed by atoms with Crippen molar-refractivity contribution in [2.75, 3.05) is 0 Å². The molecule has 0 aliphatic carbocycles. The second kappa shape index (κ2) is 3.73. The molecule has 0 spiro atoms. The summed E-state index contributed by atoms with van der Waals surface area (Å²) >= 11 is 0. The molecule has 2 N–H and O–H groups in total. The highest BCUT2D eigenvalue weighted by molar-refractivity contribution is 5.80. The Balaban J connectivity index is 2.35. The van der Waals surface area contributed by atoms with E-state index in [1.165, 1.54) is 0 Å². The Kier molecular flexibility index (Phi) is 2.41. The average molecular weight is 204 g/mol. The summed E-state index contributed by atoms with van der Waals surface area (Å²) in [6, 6.07) is 2.02. The minimum absolute atomic E-state index is 0.154. The van der Waals surface area contributed by atoms with E-state index in [4.69, 9.17) is 5.11 Å². The van der Waals surface area contributed by atoms with Crippen LogP contribution in [0.4, 0.5) is 0 Å². The molecule has 0 radical (unpaired) electrons. The first kappa shape index (κ1) is 9.71. The van der Waals surface area contributed by atoms with Crippen molar-refractivity contribution in [3.63, 3.8) is 0 Å². The van der Waals surface area contributed by atoms with Crippen molar-refractivity contribution >= 4 is 17.0 Å². The monoisotopic (exact) mass is 204 g/mol. The van der Waals surface area contributed by atoms with Crippen molar-refractivity contribution < 1.29 is 9.90 Å². The van der Waals surface area contributed by atoms with Gasteiger partial charge in [-0.3, -0.25) is 4.79 Å². The standard InChI is InChI=1S/C11H12N2O2/c1-7-4-9-8(2-3-10(14)15)6-13-11(9)12-5-7/h4-6H,2-3H2,1H3,(H,12,13)(H,14,15). The Hall–Kier alpha value is -1.84. The predicted molar refractivity (Wildman–Crippen MR) is 56.8 cm³/mol. The maximum atomic E-state index is 10.5. The largest absolute Gasteiger partial charge is 0.481 e. The lowest BCUT2D eigenvalue weighted by Gasteiger charge is -1.97. The van der Waals surface area contributed by atoms with E-state index >= 15 is 0 Å². The molecule has 0 aliphatic heterocycles. The van der Waals surface area contributed by atoms with Gasteiger partial charge in [0, 0.05) is 24.2 Å². The normalized spacial score (nSPS) is 10.7. The van der Waals surface area contributed by atoms with Gasteiger partial charge in [-0.15, -0.1) is 0 Å². The molecule has 2 aromatic rings. The maximum Gasteiger partial charge on any atom is 0.303 e. The summed E-state index contributed by atoms with van der Waals surface area (Å²) in [6.07, 6.45) is 4.32. The maximum absolute atomic E-state index is 10.5. The second-order valence-electron chi connectivity index (χ2n) is 3.62. The molecule has 4 nitrogen and oxygen atoms in total. The summed E-state index contributed by atoms with van der Waals surface area (Å²) in [5.41, 5.74) is 2.92. The van der Waals surface area contributed by atoms with Crippen molar-refractivity contribution in [3.8, 4) is 0 Å². The Morgan fingerprint density at radius 3 is 3.13 bits per heavy atom. The van der Waals surface area contributed by atoms with Crippen LogP contribution in [-0.4, -0.2) is 21.0 Å². The van der Waals surface area contributed by atoms with Crippen molar-refractivity contribution in [2.45, 2.75) is 19.8 Å². The Morgan fingerprint density at radius 2 is 2.40 bits per heavy atom. The Bertz CT molecular complexity index is 502. The lowest BCUT2D eigenvalue weighted by molar-refractivity contribution is -0.136. The van der Waals surface area contributed by atoms with Crippen LogP contribution in [0.3, 0.4) is 0 Å². The SMILES string of the molecule is Cc1cnc2[nH]cc(CCC(=O)O)c2c1. The molecule has 0 fully saturated rings. The molecular formula is C11H12N2O2. The van der Waals surface area contributed by atoms with Crippen molar-refractivity contribution in [1.29, 1.82) is 0 Å². The van der Waals surface area contributed by atoms with Gasteiger partial charge in [-0.2, -0.15) is 0 Å². The van der Waals surface area contributed by atoms with Crippen LogP contribution < -0.4 is 0 Å². The number of aromatic amines is 1. The molecule has 15 heavy (non-hydrogen) atoms. The van der Waals surface area contributed by atoms with Crippen LogP contribution in [0.5, 0.6) is 0 Å². The second-order valence-corrected chi connectivity index (χ2v) is 3.62. The quantitative estimate of drug-likeness (QED) is 0.802. The van der Waals surface area contributed by atoms with Gasteiger partial charge in [-0.25, -0.2) is 4.98 Å². The van der Waals surface area contributed by atoms with Gasteiger partial charge in [0.25, 0.3) is 0 Å². The highest BCUT2D eigenvalue weighted by Gasteiger charge is 2.06. The summed E-state index contributed by atoms with van der Waals surface area (Å²) in [5.74, 6) is -0.773. The fraction of sp³-hybridized carbons (Fsp3) is 0.273. The van der Waals surface area contributed by atoms with Crippen molar-refractivity contribution in [1.82, 2.24) is 9.97 Å². The van der Waals surface area contributed by atoms with Gasteiger partial charge in [0.1, 0.15) is 5.65 Å². The highest BCUT2D eigenvalue weighted by atomic mass is 16.4. The molecule has 78 valence electrons. The van der Waals surface area contributed by atoms with E-state index in [-0.39, 0.29) is 6.42 Å². The fourth-order valence-corrected chi connectivity index (χ4v) is 1.61. The minimum atomic E-state index is -0.773. The number of aromatic nitrogens is 2. The third kappa shape index (κ3) is 1.98. The number of carbonyl (C=O) groups is 1. The average Bonchev–Trinajstić information content (AvgIpc) is 2.57. The predicted octanol–water partition coefficient (Wildman–Crippen LogP) is 1.89. The number of nitrogens with zero attached hydrogens (tertiary/aromatic N) is 1. The number of aliphatic carboxylic acids is 1. The van der Waals surface area contributed by atoms with Crippen LogP contribution in [0.2, 0.25) is 0 Å². The van der Waals surface area contributed by atoms with E-state index in [0.717, 1.165) is 22.2 Å². The van der Waals surface area contributed by atoms with Crippen LogP contribution in [0.15, 0.2) is 18.5 Å². The number of fused-ring (bicyclic) bond motifs is 1. The molecular weight excluding hydrogens is 192 g/mol. The molecule has 0 amide bonds. The number of H-pyrrole nitrogens is 1. The van der Waals surface area contributed by atoms with Gasteiger partial charge >= 0.3 is 5.97 Å². The first-order valence-electron chi connectivity index (χ1n) is 4.81. The summed E-state index contributed by atoms with van der Waals surface area (Å²) in [6.45, 7) is 1.97. The molecule has 0 aromatic carbocycles. The van der Waals surface area contributed by atoms with Crippen LogP contribution in [0.1, 0.15) is 17.5 Å². The van der Waals surface area contributed by atoms with Gasteiger partial charge in [0.15, 0.2) is 0 Å². The number of carboxylic acid groups (broad SMARTS) is 1. The number of rotatable bonds is 3. The first-order chi connectivity index (χ1) is 7.16. The van der Waals surface area contributed by atoms with Gasteiger partial charge in [0.05, 0.1) is 0 Å². The van der Waals surface area contributed by atoms with Gasteiger partial charge in [-0.1, -0.05) is 0 Å². The minimum Gasteiger partial charge on any atom is -0.481 e. The molecule has 0 aliphatic rings. The van der Waals surface area contributed by atoms with Gasteiger partial charge in [-0.05, 0) is 30.5 Å². The van der Waals surface area contributed by atoms with Crippen molar-refractivity contribution in [3.05, 3.63) is 29.6 Å². The van der Waals surface area contributed by atoms with E-state index in [2.05, 4.69) is 9.97 Å². The lowest BCUT2D eigenvalue weighted by Crippen LogP contribution is -1.96. The summed E-state index contributed by atoms with van der Waals surface area (Å²) in [4.78, 5) is 17.7. The van der Waals surface area contributed by atoms with Gasteiger partial charge in [0.2, 0.25) is 0 Å². The highest BCUT2D eigenvalue weighted by Crippen LogP contribution is 2.18. The zero-order valence-electron chi connectivity index (χ0n) is 8.45. The smallest absolute Gasteiger partial charge is 0.303 e.